The number of carboxylic acids is 1. The topological polar surface area (TPSA) is 500 Å². The van der Waals surface area contributed by atoms with Gasteiger partial charge in [0.2, 0.25) is 41.4 Å². The Morgan fingerprint density at radius 2 is 1.17 bits per heavy atom. The molecular weight excluding hydrogens is 1110 g/mol. The standard InChI is InChI=1S/C52H83N11O21/c1-24(2)17-28(42(72)58-30(22-65)50(80)81)56-47(77)40(52(7,8)83)61-43(73)29(21-64)57-48(78)39(51(5,6)82)60-41(71)25(3)55-44(74)31(18-27-15-13-12-14-16-27)63(10)49(79)38(70)37(69)33(84-11)20-54-45(75)34(59-46(76)35(67)26(4)66)36(68)32-19-53-23-62(32)9/h12-16,19,23-26,28-31,33-40,64-70,82-83H,17-18,20-22H2,1-11H3,(H,54,75)(H,55,74)(H,56,77)(H,57,78)(H,58,72)(H,59,76)(H,60,71)(H,61,73)(H,80,81)/t25-,26-,28-,29-,30-,31-,33-,34+,35+,36+,37-,38-,39+,40+/m0/s1. The highest BCUT2D eigenvalue weighted by Gasteiger charge is 2.43. The first kappa shape index (κ1) is 72.8. The van der Waals surface area contributed by atoms with E-state index in [9.17, 15) is 99.0 Å². The molecule has 1 aromatic heterocycles. The summed E-state index contributed by atoms with van der Waals surface area (Å²) in [6.45, 7) is 7.12. The number of carbonyl (C=O) groups is 10. The van der Waals surface area contributed by atoms with Crippen LogP contribution in [0.3, 0.4) is 0 Å². The minimum Gasteiger partial charge on any atom is -0.480 e. The number of likely N-dealkylation sites (N-methyl/N-ethyl adjacent to an activating group) is 1. The Labute approximate surface area is 484 Å². The van der Waals surface area contributed by atoms with Crippen LogP contribution in [-0.4, -0.2) is 249 Å². The highest BCUT2D eigenvalue weighted by Crippen LogP contribution is 2.19. The zero-order chi connectivity index (χ0) is 64.3. The zero-order valence-corrected chi connectivity index (χ0v) is 48.5. The van der Waals surface area contributed by atoms with Gasteiger partial charge in [0.05, 0.1) is 48.7 Å². The van der Waals surface area contributed by atoms with E-state index in [0.29, 0.717) is 5.56 Å². The number of methoxy groups -OCH3 is 1. The Balaban J connectivity index is 2.33. The molecule has 0 saturated carbocycles. The molecule has 0 aliphatic carbocycles. The third-order valence-electron chi connectivity index (χ3n) is 13.1. The van der Waals surface area contributed by atoms with E-state index in [-0.39, 0.29) is 24.5 Å². The first-order valence-electron chi connectivity index (χ1n) is 26.4. The lowest BCUT2D eigenvalue weighted by molar-refractivity contribution is -0.156. The Hall–Kier alpha value is -7.27. The van der Waals surface area contributed by atoms with E-state index in [1.165, 1.54) is 24.1 Å². The number of carbonyl (C=O) groups excluding carboxylic acids is 9. The van der Waals surface area contributed by atoms with Crippen LogP contribution in [0.2, 0.25) is 0 Å². The maximum absolute atomic E-state index is 14.2. The number of hydrogen-bond acceptors (Lipinski definition) is 21. The zero-order valence-electron chi connectivity index (χ0n) is 48.5. The summed E-state index contributed by atoms with van der Waals surface area (Å²) >= 11 is 0. The number of nitrogens with one attached hydrogen (secondary N) is 8. The van der Waals surface area contributed by atoms with Crippen molar-refractivity contribution in [1.29, 1.82) is 0 Å². The third kappa shape index (κ3) is 21.4. The van der Waals surface area contributed by atoms with Gasteiger partial charge in [-0.05, 0) is 59.4 Å². The van der Waals surface area contributed by atoms with Gasteiger partial charge in [0, 0.05) is 34.2 Å². The van der Waals surface area contributed by atoms with Crippen LogP contribution < -0.4 is 42.5 Å². The number of carboxylic acid groups (broad SMARTS) is 1. The minimum absolute atomic E-state index is 0.0306. The number of imidazole rings is 1. The first-order chi connectivity index (χ1) is 38.9. The fourth-order valence-electron chi connectivity index (χ4n) is 8.05. The molecule has 0 saturated heterocycles. The summed E-state index contributed by atoms with van der Waals surface area (Å²) in [5.74, 6) is -12.5. The lowest BCUT2D eigenvalue weighted by atomic mass is 9.95. The maximum Gasteiger partial charge on any atom is 0.328 e. The monoisotopic (exact) mass is 1200 g/mol. The molecule has 472 valence electrons. The van der Waals surface area contributed by atoms with Crippen molar-refractivity contribution >= 4 is 59.1 Å². The number of ether oxygens (including phenoxy) is 1. The molecule has 0 unspecified atom stereocenters. The molecule has 2 rings (SSSR count). The Bertz CT molecular complexity index is 2560. The van der Waals surface area contributed by atoms with Crippen LogP contribution >= 0.6 is 0 Å². The van der Waals surface area contributed by atoms with Crippen LogP contribution in [0, 0.1) is 5.92 Å². The molecule has 32 nitrogen and oxygen atoms in total. The number of aliphatic hydroxyl groups excluding tert-OH is 7. The number of benzene rings is 1. The van der Waals surface area contributed by atoms with Crippen molar-refractivity contribution in [2.24, 2.45) is 13.0 Å². The van der Waals surface area contributed by atoms with Crippen molar-refractivity contribution < 1.29 is 104 Å². The molecule has 32 heteroatoms. The summed E-state index contributed by atoms with van der Waals surface area (Å²) in [7, 11) is 3.61. The van der Waals surface area contributed by atoms with Crippen molar-refractivity contribution in [3.63, 3.8) is 0 Å². The van der Waals surface area contributed by atoms with Crippen molar-refractivity contribution in [3.05, 3.63) is 54.1 Å². The smallest absolute Gasteiger partial charge is 0.328 e. The number of amides is 9. The van der Waals surface area contributed by atoms with Gasteiger partial charge >= 0.3 is 5.97 Å². The summed E-state index contributed by atoms with van der Waals surface area (Å²) < 4.78 is 6.61. The summed E-state index contributed by atoms with van der Waals surface area (Å²) in [6.07, 6.45) is -9.43. The van der Waals surface area contributed by atoms with Gasteiger partial charge in [-0.1, -0.05) is 44.2 Å². The van der Waals surface area contributed by atoms with E-state index in [1.54, 1.807) is 44.2 Å². The van der Waals surface area contributed by atoms with Gasteiger partial charge in [0.25, 0.3) is 11.8 Å². The van der Waals surface area contributed by atoms with Crippen LogP contribution in [0.1, 0.15) is 79.2 Å². The van der Waals surface area contributed by atoms with E-state index in [0.717, 1.165) is 60.6 Å². The van der Waals surface area contributed by atoms with Gasteiger partial charge in [-0.15, -0.1) is 0 Å². The van der Waals surface area contributed by atoms with Gasteiger partial charge in [-0.2, -0.15) is 0 Å². The molecule has 0 radical (unpaired) electrons. The van der Waals surface area contributed by atoms with Gasteiger partial charge in [-0.3, -0.25) is 43.2 Å². The molecule has 0 aliphatic rings. The van der Waals surface area contributed by atoms with E-state index in [2.05, 4.69) is 47.5 Å². The Kier molecular flexibility index (Phi) is 28.3. The second kappa shape index (κ2) is 32.7. The molecule has 1 aromatic carbocycles. The number of aliphatic carboxylic acids is 1. The molecule has 2 aromatic rings. The first-order valence-corrected chi connectivity index (χ1v) is 26.4. The van der Waals surface area contributed by atoms with Crippen LogP contribution in [0.15, 0.2) is 42.9 Å². The number of rotatable bonds is 34. The van der Waals surface area contributed by atoms with E-state index in [1.807, 2.05) is 0 Å². The Morgan fingerprint density at radius 3 is 1.63 bits per heavy atom. The molecule has 84 heavy (non-hydrogen) atoms. The number of aryl methyl sites for hydroxylation is 1. The summed E-state index contributed by atoms with van der Waals surface area (Å²) in [4.78, 5) is 138. The molecule has 0 aliphatic heterocycles. The predicted octanol–water partition coefficient (Wildman–Crippen LogP) is -7.81. The number of hydrogen-bond donors (Lipinski definition) is 18. The minimum atomic E-state index is -2.39. The van der Waals surface area contributed by atoms with Crippen molar-refractivity contribution in [2.45, 2.75) is 164 Å². The van der Waals surface area contributed by atoms with E-state index >= 15 is 0 Å². The number of aromatic nitrogens is 2. The second-order valence-corrected chi connectivity index (χ2v) is 21.6. The number of nitrogens with zero attached hydrogens (tertiary/aromatic N) is 3. The van der Waals surface area contributed by atoms with Gasteiger partial charge < -0.3 is 108 Å². The quantitative estimate of drug-likeness (QED) is 0.0309. The lowest BCUT2D eigenvalue weighted by Gasteiger charge is -2.34. The van der Waals surface area contributed by atoms with Crippen molar-refractivity contribution in [3.8, 4) is 0 Å². The molecule has 0 spiro atoms. The highest BCUT2D eigenvalue weighted by molar-refractivity contribution is 5.98. The predicted molar refractivity (Wildman–Crippen MR) is 291 cm³/mol. The fourth-order valence-corrected chi connectivity index (χ4v) is 8.05. The highest BCUT2D eigenvalue weighted by atomic mass is 16.5. The molecule has 18 N–H and O–H groups in total. The number of aliphatic hydroxyl groups is 9. The van der Waals surface area contributed by atoms with Crippen LogP contribution in [-0.2, 0) is 66.2 Å². The van der Waals surface area contributed by atoms with Gasteiger partial charge in [-0.25, -0.2) is 9.78 Å². The summed E-state index contributed by atoms with van der Waals surface area (Å²) in [5, 5.41) is 122. The van der Waals surface area contributed by atoms with Gasteiger partial charge in [0.15, 0.2) is 12.2 Å². The summed E-state index contributed by atoms with van der Waals surface area (Å²) in [5.41, 5.74) is -3.79. The van der Waals surface area contributed by atoms with Crippen molar-refractivity contribution in [2.75, 3.05) is 33.9 Å². The van der Waals surface area contributed by atoms with Crippen LogP contribution in [0.5, 0.6) is 0 Å². The molecule has 1 heterocycles. The third-order valence-corrected chi connectivity index (χ3v) is 13.1. The largest absolute Gasteiger partial charge is 0.480 e. The van der Waals surface area contributed by atoms with Crippen LogP contribution in [0.25, 0.3) is 0 Å². The average molecular weight is 1200 g/mol. The normalized spacial score (nSPS) is 16.8. The van der Waals surface area contributed by atoms with Crippen LogP contribution in [0.4, 0.5) is 0 Å². The van der Waals surface area contributed by atoms with Crippen molar-refractivity contribution in [1.82, 2.24) is 57.0 Å². The van der Waals surface area contributed by atoms with E-state index in [4.69, 9.17) is 4.74 Å². The SMILES string of the molecule is CO[C@@H](CNC(=O)[C@H](NC(=O)[C@H](O)[C@H](C)O)[C@H](O)c1cncn1C)[C@H](O)[C@H](O)C(=O)N(C)[C@@H](Cc1ccccc1)C(=O)N[C@@H](C)C(=O)N[C@H](C(=O)N[C@@H](CO)C(=O)N[C@H](C(=O)N[C@@H](CC(C)C)C(=O)N[C@@H](CO)C(=O)O)C(C)(C)O)C(C)(C)O. The second-order valence-electron chi connectivity index (χ2n) is 21.6. The fraction of sp³-hybridized carbons (Fsp3) is 0.635. The summed E-state index contributed by atoms with van der Waals surface area (Å²) in [6, 6.07) is -6.00. The molecule has 0 bridgehead atoms. The molecular formula is C52H83N11O21. The average Bonchev–Trinajstić information content (AvgIpc) is 4.00. The lowest BCUT2D eigenvalue weighted by Crippen LogP contribution is -2.66. The maximum atomic E-state index is 14.2. The Morgan fingerprint density at radius 1 is 0.655 bits per heavy atom. The molecule has 0 fully saturated rings. The van der Waals surface area contributed by atoms with Gasteiger partial charge in [0.1, 0.15) is 66.6 Å². The van der Waals surface area contributed by atoms with E-state index < -0.39 is 175 Å². The molecule has 14 atom stereocenters. The molecule has 9 amide bonds.